The van der Waals surface area contributed by atoms with Crippen LogP contribution in [0.15, 0.2) is 30.6 Å². The number of ether oxygens (including phenoxy) is 1. The Labute approximate surface area is 227 Å². The van der Waals surface area contributed by atoms with E-state index in [2.05, 4.69) is 27.6 Å². The van der Waals surface area contributed by atoms with Gasteiger partial charge in [0, 0.05) is 29.8 Å². The van der Waals surface area contributed by atoms with E-state index in [-0.39, 0.29) is 16.8 Å². The van der Waals surface area contributed by atoms with Gasteiger partial charge in [-0.2, -0.15) is 0 Å². The average molecular weight is 544 g/mol. The molecule has 2 aromatic carbocycles. The highest BCUT2D eigenvalue weighted by Gasteiger charge is 2.25. The summed E-state index contributed by atoms with van der Waals surface area (Å²) in [6.45, 7) is 8.67. The second kappa shape index (κ2) is 12.0. The molecule has 38 heavy (non-hydrogen) atoms. The number of morpholine rings is 1. The summed E-state index contributed by atoms with van der Waals surface area (Å²) in [5, 5.41) is 3.69. The van der Waals surface area contributed by atoms with Gasteiger partial charge < -0.3 is 14.6 Å². The Morgan fingerprint density at radius 2 is 2.08 bits per heavy atom. The van der Waals surface area contributed by atoms with Crippen LogP contribution in [0.2, 0.25) is 5.02 Å². The van der Waals surface area contributed by atoms with Crippen molar-refractivity contribution in [1.82, 2.24) is 19.9 Å². The zero-order chi connectivity index (χ0) is 26.6. The summed E-state index contributed by atoms with van der Waals surface area (Å²) >= 11 is 6.10. The highest BCUT2D eigenvalue weighted by atomic mass is 35.5. The van der Waals surface area contributed by atoms with E-state index in [9.17, 15) is 4.79 Å². The molecule has 1 saturated carbocycles. The number of imidazole rings is 1. The van der Waals surface area contributed by atoms with Crippen LogP contribution in [-0.2, 0) is 16.1 Å². The fourth-order valence-corrected chi connectivity index (χ4v) is 5.02. The number of hydrogen-bond acceptors (Lipinski definition) is 6. The largest absolute Gasteiger partial charge is 0.379 e. The number of halogens is 2. The van der Waals surface area contributed by atoms with Crippen molar-refractivity contribution in [2.75, 3.05) is 38.2 Å². The van der Waals surface area contributed by atoms with Gasteiger partial charge in [-0.3, -0.25) is 14.5 Å². The number of fused-ring (bicyclic) bond motifs is 1. The smallest absolute Gasteiger partial charge is 0.277 e. The van der Waals surface area contributed by atoms with Gasteiger partial charge in [-0.05, 0) is 81.8 Å². The Bertz CT molecular complexity index is 1300. The van der Waals surface area contributed by atoms with Crippen LogP contribution in [0.1, 0.15) is 48.5 Å². The van der Waals surface area contributed by atoms with Crippen LogP contribution in [0.25, 0.3) is 11.0 Å². The first-order valence-corrected chi connectivity index (χ1v) is 13.7. The molecule has 204 valence electrons. The summed E-state index contributed by atoms with van der Waals surface area (Å²) in [6, 6.07) is 7.38. The monoisotopic (exact) mass is 543 g/mol. The summed E-state index contributed by atoms with van der Waals surface area (Å²) in [5.74, 6) is -0.606. The fourth-order valence-electron chi connectivity index (χ4n) is 4.79. The number of carbonyl (C=O) groups excluding carboxylic acids is 1. The van der Waals surface area contributed by atoms with Gasteiger partial charge in [0.15, 0.2) is 5.82 Å². The molecule has 2 fully saturated rings. The minimum atomic E-state index is -0.579. The molecule has 2 N–H and O–H groups in total. The third kappa shape index (κ3) is 6.29. The number of hydrogen-bond donors (Lipinski definition) is 2. The molecule has 1 atom stereocenters. The maximum absolute atomic E-state index is 15.9. The predicted octanol–water partition coefficient (Wildman–Crippen LogP) is 5.45. The van der Waals surface area contributed by atoms with Gasteiger partial charge in [-0.15, -0.1) is 0 Å². The Balaban J connectivity index is 1.37. The minimum absolute atomic E-state index is 0.0574. The number of unbranched alkanes of at least 4 members (excludes halogenated alkanes) is 1. The van der Waals surface area contributed by atoms with Crippen molar-refractivity contribution in [3.8, 4) is 0 Å². The number of carbonyl (C=O) groups is 1. The van der Waals surface area contributed by atoms with Crippen LogP contribution in [-0.4, -0.2) is 59.3 Å². The summed E-state index contributed by atoms with van der Waals surface area (Å²) in [4.78, 5) is 25.4. The molecule has 1 aliphatic carbocycles. The Morgan fingerprint density at radius 1 is 1.26 bits per heavy atom. The molecule has 2 aliphatic rings. The standard InChI is InChI=1S/C28H35ClFN5O3/c1-18-13-21(29)7-8-23(18)32-26-22(28(36)33-38-16-20-5-6-20)14-24-27(25(26)30)31-17-35(24)10-4-3-9-34-11-12-37-15-19(34)2/h7-8,13-14,17,19-20,32H,3-6,9-12,15-16H2,1-2H3,(H,33,36). The molecule has 1 amide bonds. The topological polar surface area (TPSA) is 80.7 Å². The second-order valence-electron chi connectivity index (χ2n) is 10.4. The van der Waals surface area contributed by atoms with Crippen molar-refractivity contribution in [3.63, 3.8) is 0 Å². The van der Waals surface area contributed by atoms with Crippen molar-refractivity contribution in [1.29, 1.82) is 0 Å². The van der Waals surface area contributed by atoms with Crippen LogP contribution in [0, 0.1) is 18.7 Å². The number of anilines is 2. The van der Waals surface area contributed by atoms with Crippen molar-refractivity contribution in [2.45, 2.75) is 52.1 Å². The quantitative estimate of drug-likeness (QED) is 0.247. The second-order valence-corrected chi connectivity index (χ2v) is 10.8. The average Bonchev–Trinajstić information content (AvgIpc) is 3.63. The first kappa shape index (κ1) is 26.9. The molecule has 0 bridgehead atoms. The molecular formula is C28H35ClFN5O3. The van der Waals surface area contributed by atoms with Crippen LogP contribution in [0.4, 0.5) is 15.8 Å². The highest BCUT2D eigenvalue weighted by Crippen LogP contribution is 2.33. The molecule has 1 aliphatic heterocycles. The molecule has 5 rings (SSSR count). The maximum atomic E-state index is 15.9. The van der Waals surface area contributed by atoms with E-state index in [0.29, 0.717) is 41.3 Å². The van der Waals surface area contributed by atoms with Gasteiger partial charge in [0.1, 0.15) is 5.52 Å². The SMILES string of the molecule is Cc1cc(Cl)ccc1Nc1c(C(=O)NOCC2CC2)cc2c(ncn2CCCCN2CCOCC2C)c1F. The number of amides is 1. The van der Waals surface area contributed by atoms with Crippen molar-refractivity contribution >= 4 is 39.9 Å². The minimum Gasteiger partial charge on any atom is -0.379 e. The Morgan fingerprint density at radius 3 is 2.84 bits per heavy atom. The van der Waals surface area contributed by atoms with Crippen LogP contribution in [0.3, 0.4) is 0 Å². The van der Waals surface area contributed by atoms with Crippen molar-refractivity contribution < 1.29 is 18.8 Å². The Kier molecular flexibility index (Phi) is 8.48. The summed E-state index contributed by atoms with van der Waals surface area (Å²) in [5.41, 5.74) is 4.99. The molecule has 0 spiro atoms. The summed E-state index contributed by atoms with van der Waals surface area (Å²) in [7, 11) is 0. The van der Waals surface area contributed by atoms with Gasteiger partial charge in [0.25, 0.3) is 5.91 Å². The van der Waals surface area contributed by atoms with Gasteiger partial charge in [-0.1, -0.05) is 11.6 Å². The maximum Gasteiger partial charge on any atom is 0.277 e. The van der Waals surface area contributed by atoms with E-state index in [0.717, 1.165) is 57.6 Å². The molecule has 8 nitrogen and oxygen atoms in total. The van der Waals surface area contributed by atoms with Crippen molar-refractivity contribution in [2.24, 2.45) is 5.92 Å². The summed E-state index contributed by atoms with van der Waals surface area (Å²) < 4.78 is 23.4. The third-order valence-electron chi connectivity index (χ3n) is 7.33. The van der Waals surface area contributed by atoms with E-state index in [1.54, 1.807) is 30.6 Å². The number of benzene rings is 2. The molecule has 1 saturated heterocycles. The van der Waals surface area contributed by atoms with Gasteiger partial charge in [-0.25, -0.2) is 14.9 Å². The first-order valence-electron chi connectivity index (χ1n) is 13.3. The van der Waals surface area contributed by atoms with Gasteiger partial charge >= 0.3 is 0 Å². The Hall–Kier alpha value is -2.72. The molecule has 10 heteroatoms. The molecule has 3 aromatic rings. The zero-order valence-corrected chi connectivity index (χ0v) is 22.7. The number of aryl methyl sites for hydroxylation is 2. The van der Waals surface area contributed by atoms with E-state index in [4.69, 9.17) is 21.2 Å². The lowest BCUT2D eigenvalue weighted by molar-refractivity contribution is -0.000957. The number of rotatable bonds is 11. The normalized spacial score (nSPS) is 18.2. The zero-order valence-electron chi connectivity index (χ0n) is 21.9. The predicted molar refractivity (Wildman–Crippen MR) is 146 cm³/mol. The van der Waals surface area contributed by atoms with E-state index < -0.39 is 11.7 Å². The van der Waals surface area contributed by atoms with E-state index in [1.165, 1.54) is 0 Å². The van der Waals surface area contributed by atoms with Crippen LogP contribution >= 0.6 is 11.6 Å². The molecule has 1 unspecified atom stereocenters. The van der Waals surface area contributed by atoms with E-state index >= 15 is 4.39 Å². The number of nitrogens with one attached hydrogen (secondary N) is 2. The van der Waals surface area contributed by atoms with Gasteiger partial charge in [0.2, 0.25) is 0 Å². The lowest BCUT2D eigenvalue weighted by Crippen LogP contribution is -2.43. The lowest BCUT2D eigenvalue weighted by Gasteiger charge is -2.33. The number of nitrogens with zero attached hydrogens (tertiary/aromatic N) is 3. The van der Waals surface area contributed by atoms with Gasteiger partial charge in [0.05, 0.1) is 42.9 Å². The molecule has 2 heterocycles. The molecule has 1 aromatic heterocycles. The third-order valence-corrected chi connectivity index (χ3v) is 7.56. The fraction of sp³-hybridized carbons (Fsp3) is 0.500. The van der Waals surface area contributed by atoms with Crippen molar-refractivity contribution in [3.05, 3.63) is 52.6 Å². The number of hydroxylamine groups is 1. The van der Waals surface area contributed by atoms with E-state index in [1.807, 2.05) is 11.5 Å². The first-order chi connectivity index (χ1) is 18.4. The molecular weight excluding hydrogens is 509 g/mol. The summed E-state index contributed by atoms with van der Waals surface area (Å²) in [6.07, 6.45) is 5.76. The van der Waals surface area contributed by atoms with Crippen LogP contribution in [0.5, 0.6) is 0 Å². The van der Waals surface area contributed by atoms with Crippen LogP contribution < -0.4 is 10.8 Å². The molecule has 0 radical (unpaired) electrons. The highest BCUT2D eigenvalue weighted by molar-refractivity contribution is 6.30. The lowest BCUT2D eigenvalue weighted by atomic mass is 10.1. The number of aromatic nitrogens is 2.